The van der Waals surface area contributed by atoms with E-state index in [1.165, 1.54) is 27.8 Å². The monoisotopic (exact) mass is 253 g/mol. The van der Waals surface area contributed by atoms with Crippen LogP contribution in [0.15, 0.2) is 42.5 Å². The molecule has 0 unspecified atom stereocenters. The maximum atomic E-state index is 3.53. The second kappa shape index (κ2) is 6.53. The minimum absolute atomic E-state index is 0.953. The zero-order valence-corrected chi connectivity index (χ0v) is 12.2. The predicted molar refractivity (Wildman–Crippen MR) is 82.5 cm³/mol. The molecule has 0 spiro atoms. The molecule has 1 N–H and O–H groups in total. The summed E-state index contributed by atoms with van der Waals surface area (Å²) < 4.78 is 0. The third kappa shape index (κ3) is 4.22. The van der Waals surface area contributed by atoms with E-state index in [-0.39, 0.29) is 0 Å². The molecule has 0 saturated heterocycles. The first kappa shape index (κ1) is 13.8. The summed E-state index contributed by atoms with van der Waals surface area (Å²) in [5, 5.41) is 3.53. The first-order valence-electron chi connectivity index (χ1n) is 6.97. The molecule has 0 amide bonds. The van der Waals surface area contributed by atoms with Gasteiger partial charge >= 0.3 is 0 Å². The van der Waals surface area contributed by atoms with Crippen molar-refractivity contribution in [1.29, 1.82) is 0 Å². The van der Waals surface area contributed by atoms with Crippen molar-refractivity contribution in [2.45, 2.75) is 33.7 Å². The summed E-state index contributed by atoms with van der Waals surface area (Å²) in [5.41, 5.74) is 6.89. The summed E-state index contributed by atoms with van der Waals surface area (Å²) in [6.07, 6.45) is 1.09. The average molecular weight is 253 g/mol. The van der Waals surface area contributed by atoms with Crippen LogP contribution in [0.2, 0.25) is 0 Å². The molecule has 2 aromatic carbocycles. The standard InChI is InChI=1S/C18H23N/c1-14-10-15(2)12-17(11-14)13-19-9-8-18-7-5-4-6-16(18)3/h4-7,10-12,19H,8-9,13H2,1-3H3. The van der Waals surface area contributed by atoms with Gasteiger partial charge in [0.05, 0.1) is 0 Å². The number of rotatable bonds is 5. The second-order valence-electron chi connectivity index (χ2n) is 5.35. The molecule has 19 heavy (non-hydrogen) atoms. The number of hydrogen-bond donors (Lipinski definition) is 1. The van der Waals surface area contributed by atoms with E-state index < -0.39 is 0 Å². The summed E-state index contributed by atoms with van der Waals surface area (Å²) >= 11 is 0. The SMILES string of the molecule is Cc1cc(C)cc(CNCCc2ccccc2C)c1. The van der Waals surface area contributed by atoms with Gasteiger partial charge in [0, 0.05) is 6.54 Å². The highest BCUT2D eigenvalue weighted by molar-refractivity contribution is 5.28. The smallest absolute Gasteiger partial charge is 0.0205 e. The first-order valence-corrected chi connectivity index (χ1v) is 6.97. The highest BCUT2D eigenvalue weighted by Crippen LogP contribution is 2.09. The number of nitrogens with one attached hydrogen (secondary N) is 1. The summed E-state index contributed by atoms with van der Waals surface area (Å²) in [6.45, 7) is 8.47. The fraction of sp³-hybridized carbons (Fsp3) is 0.333. The van der Waals surface area contributed by atoms with E-state index in [1.54, 1.807) is 0 Å². The van der Waals surface area contributed by atoms with E-state index in [2.05, 4.69) is 68.6 Å². The fourth-order valence-electron chi connectivity index (χ4n) is 2.52. The predicted octanol–water partition coefficient (Wildman–Crippen LogP) is 3.94. The van der Waals surface area contributed by atoms with E-state index >= 15 is 0 Å². The van der Waals surface area contributed by atoms with Gasteiger partial charge in [-0.25, -0.2) is 0 Å². The average Bonchev–Trinajstić information content (AvgIpc) is 2.35. The highest BCUT2D eigenvalue weighted by Gasteiger charge is 1.98. The Hall–Kier alpha value is -1.60. The molecule has 0 aliphatic carbocycles. The van der Waals surface area contributed by atoms with Gasteiger partial charge in [0.2, 0.25) is 0 Å². The number of hydrogen-bond acceptors (Lipinski definition) is 1. The maximum Gasteiger partial charge on any atom is 0.0205 e. The summed E-state index contributed by atoms with van der Waals surface area (Å²) in [4.78, 5) is 0. The van der Waals surface area contributed by atoms with Crippen LogP contribution in [0.4, 0.5) is 0 Å². The molecule has 0 atom stereocenters. The molecule has 0 bridgehead atoms. The molecule has 2 rings (SSSR count). The van der Waals surface area contributed by atoms with E-state index in [1.807, 2.05) is 0 Å². The van der Waals surface area contributed by atoms with Gasteiger partial charge in [-0.1, -0.05) is 53.6 Å². The zero-order valence-electron chi connectivity index (χ0n) is 12.2. The molecular formula is C18H23N. The lowest BCUT2D eigenvalue weighted by Crippen LogP contribution is -2.17. The number of benzene rings is 2. The maximum absolute atomic E-state index is 3.53. The molecule has 100 valence electrons. The Kier molecular flexibility index (Phi) is 4.75. The van der Waals surface area contributed by atoms with Gasteiger partial charge in [-0.15, -0.1) is 0 Å². The van der Waals surface area contributed by atoms with Crippen LogP contribution in [0.25, 0.3) is 0 Å². The van der Waals surface area contributed by atoms with Crippen molar-refractivity contribution in [1.82, 2.24) is 5.32 Å². The lowest BCUT2D eigenvalue weighted by Gasteiger charge is -2.08. The van der Waals surface area contributed by atoms with Crippen molar-refractivity contribution in [3.63, 3.8) is 0 Å². The van der Waals surface area contributed by atoms with Crippen LogP contribution in [0.3, 0.4) is 0 Å². The molecule has 0 fully saturated rings. The molecule has 0 saturated carbocycles. The molecule has 0 radical (unpaired) electrons. The van der Waals surface area contributed by atoms with Gasteiger partial charge in [0.25, 0.3) is 0 Å². The van der Waals surface area contributed by atoms with Crippen molar-refractivity contribution in [2.24, 2.45) is 0 Å². The van der Waals surface area contributed by atoms with Crippen LogP contribution in [-0.2, 0) is 13.0 Å². The fourth-order valence-corrected chi connectivity index (χ4v) is 2.52. The van der Waals surface area contributed by atoms with Crippen LogP contribution in [0, 0.1) is 20.8 Å². The molecule has 0 heterocycles. The van der Waals surface area contributed by atoms with Crippen molar-refractivity contribution in [3.05, 3.63) is 70.3 Å². The van der Waals surface area contributed by atoms with Crippen LogP contribution in [-0.4, -0.2) is 6.54 Å². The lowest BCUT2D eigenvalue weighted by molar-refractivity contribution is 0.685. The first-order chi connectivity index (χ1) is 9.15. The molecule has 1 nitrogen and oxygen atoms in total. The van der Waals surface area contributed by atoms with Gasteiger partial charge < -0.3 is 5.32 Å². The third-order valence-corrected chi connectivity index (χ3v) is 3.44. The van der Waals surface area contributed by atoms with Gasteiger partial charge in [-0.3, -0.25) is 0 Å². The van der Waals surface area contributed by atoms with Crippen LogP contribution >= 0.6 is 0 Å². The Morgan fingerprint density at radius 2 is 1.58 bits per heavy atom. The van der Waals surface area contributed by atoms with E-state index in [0.29, 0.717) is 0 Å². The van der Waals surface area contributed by atoms with Gasteiger partial charge in [0.1, 0.15) is 0 Å². The summed E-state index contributed by atoms with van der Waals surface area (Å²) in [5.74, 6) is 0. The minimum Gasteiger partial charge on any atom is -0.312 e. The zero-order chi connectivity index (χ0) is 13.7. The second-order valence-corrected chi connectivity index (χ2v) is 5.35. The Morgan fingerprint density at radius 3 is 2.26 bits per heavy atom. The molecular weight excluding hydrogens is 230 g/mol. The molecule has 0 aliphatic rings. The van der Waals surface area contributed by atoms with Gasteiger partial charge in [-0.05, 0) is 50.4 Å². The number of aryl methyl sites for hydroxylation is 3. The van der Waals surface area contributed by atoms with Gasteiger partial charge in [0.15, 0.2) is 0 Å². The minimum atomic E-state index is 0.953. The largest absolute Gasteiger partial charge is 0.312 e. The normalized spacial score (nSPS) is 10.7. The van der Waals surface area contributed by atoms with Crippen molar-refractivity contribution in [3.8, 4) is 0 Å². The Bertz CT molecular complexity index is 523. The third-order valence-electron chi connectivity index (χ3n) is 3.44. The quantitative estimate of drug-likeness (QED) is 0.796. The topological polar surface area (TPSA) is 12.0 Å². The molecule has 0 aromatic heterocycles. The molecule has 1 heteroatoms. The molecule has 2 aromatic rings. The van der Waals surface area contributed by atoms with Gasteiger partial charge in [-0.2, -0.15) is 0 Å². The van der Waals surface area contributed by atoms with E-state index in [4.69, 9.17) is 0 Å². The Morgan fingerprint density at radius 1 is 0.895 bits per heavy atom. The summed E-state index contributed by atoms with van der Waals surface area (Å²) in [7, 11) is 0. The van der Waals surface area contributed by atoms with E-state index in [9.17, 15) is 0 Å². The highest BCUT2D eigenvalue weighted by atomic mass is 14.8. The van der Waals surface area contributed by atoms with Crippen molar-refractivity contribution < 1.29 is 0 Å². The van der Waals surface area contributed by atoms with Crippen LogP contribution < -0.4 is 5.32 Å². The van der Waals surface area contributed by atoms with Crippen LogP contribution in [0.1, 0.15) is 27.8 Å². The Labute approximate surface area is 116 Å². The van der Waals surface area contributed by atoms with Crippen molar-refractivity contribution in [2.75, 3.05) is 6.54 Å². The van der Waals surface area contributed by atoms with Crippen LogP contribution in [0.5, 0.6) is 0 Å². The van der Waals surface area contributed by atoms with E-state index in [0.717, 1.165) is 19.5 Å². The molecule has 0 aliphatic heterocycles. The Balaban J connectivity index is 1.82. The van der Waals surface area contributed by atoms with Crippen molar-refractivity contribution >= 4 is 0 Å². The lowest BCUT2D eigenvalue weighted by atomic mass is 10.1. The summed E-state index contributed by atoms with van der Waals surface area (Å²) in [6, 6.07) is 15.3.